The molecule has 5 heteroatoms. The highest BCUT2D eigenvalue weighted by Crippen LogP contribution is 2.20. The Morgan fingerprint density at radius 3 is 2.48 bits per heavy atom. The van der Waals surface area contributed by atoms with E-state index in [1.807, 2.05) is 38.1 Å². The summed E-state index contributed by atoms with van der Waals surface area (Å²) in [5.74, 6) is 0.578. The first-order chi connectivity index (χ1) is 10.1. The van der Waals surface area contributed by atoms with Crippen molar-refractivity contribution in [2.24, 2.45) is 0 Å². The summed E-state index contributed by atoms with van der Waals surface area (Å²) in [5, 5.41) is 2.97. The number of aryl methyl sites for hydroxylation is 1. The number of aromatic nitrogens is 2. The Morgan fingerprint density at radius 2 is 1.95 bits per heavy atom. The normalized spacial score (nSPS) is 11.8. The Kier molecular flexibility index (Phi) is 4.87. The van der Waals surface area contributed by atoms with Gasteiger partial charge < -0.3 is 10.1 Å². The van der Waals surface area contributed by atoms with Crippen LogP contribution in [0.15, 0.2) is 36.7 Å². The number of carbonyl (C=O) groups excluding carboxylic acids is 1. The average molecular weight is 285 g/mol. The van der Waals surface area contributed by atoms with Crippen LogP contribution in [0, 0.1) is 6.92 Å². The summed E-state index contributed by atoms with van der Waals surface area (Å²) in [4.78, 5) is 20.4. The number of nitrogens with one attached hydrogen (secondary N) is 1. The molecule has 0 bridgehead atoms. The van der Waals surface area contributed by atoms with Crippen molar-refractivity contribution in [3.05, 3.63) is 53.6 Å². The van der Waals surface area contributed by atoms with Crippen LogP contribution in [-0.4, -0.2) is 23.0 Å². The predicted molar refractivity (Wildman–Crippen MR) is 80.3 cm³/mol. The third-order valence-electron chi connectivity index (χ3n) is 3.25. The van der Waals surface area contributed by atoms with E-state index in [9.17, 15) is 4.79 Å². The molecule has 1 atom stereocenters. The minimum Gasteiger partial charge on any atom is -0.497 e. The minimum atomic E-state index is -0.217. The van der Waals surface area contributed by atoms with E-state index in [0.717, 1.165) is 23.4 Å². The van der Waals surface area contributed by atoms with Crippen molar-refractivity contribution < 1.29 is 9.53 Å². The molecule has 0 spiro atoms. The first-order valence-electron chi connectivity index (χ1n) is 6.87. The van der Waals surface area contributed by atoms with E-state index in [1.165, 1.54) is 6.20 Å². The molecule has 1 heterocycles. The molecule has 110 valence electrons. The maximum absolute atomic E-state index is 12.2. The van der Waals surface area contributed by atoms with Crippen molar-refractivity contribution in [2.45, 2.75) is 26.3 Å². The van der Waals surface area contributed by atoms with Crippen LogP contribution < -0.4 is 10.1 Å². The molecule has 21 heavy (non-hydrogen) atoms. The van der Waals surface area contributed by atoms with Gasteiger partial charge in [0, 0.05) is 6.20 Å². The minimum absolute atomic E-state index is 0.0634. The van der Waals surface area contributed by atoms with E-state index in [-0.39, 0.29) is 11.9 Å². The molecule has 2 aromatic rings. The summed E-state index contributed by atoms with van der Waals surface area (Å²) >= 11 is 0. The molecule has 1 aromatic heterocycles. The second-order valence-corrected chi connectivity index (χ2v) is 4.75. The molecule has 2 rings (SSSR count). The van der Waals surface area contributed by atoms with E-state index in [1.54, 1.807) is 13.3 Å². The van der Waals surface area contributed by atoms with Crippen LogP contribution in [0.4, 0.5) is 0 Å². The third-order valence-corrected chi connectivity index (χ3v) is 3.25. The standard InChI is InChI=1S/C16H19N3O2/c1-4-14(12-5-7-13(21-3)8-6-12)19-16(20)15-10-17-11(2)9-18-15/h5-10,14H,4H2,1-3H3,(H,19,20)/t14-/m1/s1. The largest absolute Gasteiger partial charge is 0.497 e. The summed E-state index contributed by atoms with van der Waals surface area (Å²) in [5.41, 5.74) is 2.15. The lowest BCUT2D eigenvalue weighted by Crippen LogP contribution is -2.29. The number of hydrogen-bond donors (Lipinski definition) is 1. The van der Waals surface area contributed by atoms with Gasteiger partial charge in [0.25, 0.3) is 5.91 Å². The Hall–Kier alpha value is -2.43. The van der Waals surface area contributed by atoms with Crippen LogP contribution in [0.5, 0.6) is 5.75 Å². The Balaban J connectivity index is 2.10. The van der Waals surface area contributed by atoms with Crippen molar-refractivity contribution in [1.29, 1.82) is 0 Å². The Labute approximate surface area is 124 Å². The van der Waals surface area contributed by atoms with Crippen molar-refractivity contribution in [3.8, 4) is 5.75 Å². The molecular weight excluding hydrogens is 266 g/mol. The van der Waals surface area contributed by atoms with E-state index in [4.69, 9.17) is 4.74 Å². The van der Waals surface area contributed by atoms with Crippen LogP contribution in [0.2, 0.25) is 0 Å². The topological polar surface area (TPSA) is 64.1 Å². The molecule has 1 aromatic carbocycles. The summed E-state index contributed by atoms with van der Waals surface area (Å²) < 4.78 is 5.14. The monoisotopic (exact) mass is 285 g/mol. The van der Waals surface area contributed by atoms with Gasteiger partial charge in [-0.2, -0.15) is 0 Å². The van der Waals surface area contributed by atoms with E-state index < -0.39 is 0 Å². The van der Waals surface area contributed by atoms with Crippen LogP contribution in [0.1, 0.15) is 41.1 Å². The average Bonchev–Trinajstić information content (AvgIpc) is 2.53. The lowest BCUT2D eigenvalue weighted by molar-refractivity contribution is 0.0930. The fourth-order valence-corrected chi connectivity index (χ4v) is 2.00. The quantitative estimate of drug-likeness (QED) is 0.917. The van der Waals surface area contributed by atoms with E-state index >= 15 is 0 Å². The summed E-state index contributed by atoms with van der Waals surface area (Å²) in [6, 6.07) is 7.61. The van der Waals surface area contributed by atoms with Gasteiger partial charge in [0.15, 0.2) is 0 Å². The van der Waals surface area contributed by atoms with Gasteiger partial charge >= 0.3 is 0 Å². The van der Waals surface area contributed by atoms with Crippen molar-refractivity contribution in [3.63, 3.8) is 0 Å². The second kappa shape index (κ2) is 6.83. The smallest absolute Gasteiger partial charge is 0.271 e. The fraction of sp³-hybridized carbons (Fsp3) is 0.312. The van der Waals surface area contributed by atoms with Gasteiger partial charge in [0.2, 0.25) is 0 Å². The van der Waals surface area contributed by atoms with Gasteiger partial charge in [-0.15, -0.1) is 0 Å². The number of ether oxygens (including phenoxy) is 1. The summed E-state index contributed by atoms with van der Waals surface area (Å²) in [6.45, 7) is 3.86. The lowest BCUT2D eigenvalue weighted by Gasteiger charge is -2.17. The van der Waals surface area contributed by atoms with Gasteiger partial charge in [0.05, 0.1) is 25.0 Å². The Morgan fingerprint density at radius 1 is 1.24 bits per heavy atom. The molecule has 1 N–H and O–H groups in total. The molecule has 0 aliphatic carbocycles. The highest BCUT2D eigenvalue weighted by Gasteiger charge is 2.15. The molecule has 5 nitrogen and oxygen atoms in total. The number of hydrogen-bond acceptors (Lipinski definition) is 4. The van der Waals surface area contributed by atoms with Crippen LogP contribution >= 0.6 is 0 Å². The zero-order valence-electron chi connectivity index (χ0n) is 12.5. The van der Waals surface area contributed by atoms with Crippen molar-refractivity contribution >= 4 is 5.91 Å². The zero-order chi connectivity index (χ0) is 15.2. The number of nitrogens with zero attached hydrogens (tertiary/aromatic N) is 2. The maximum atomic E-state index is 12.2. The summed E-state index contributed by atoms with van der Waals surface area (Å²) in [7, 11) is 1.63. The predicted octanol–water partition coefficient (Wildman–Crippen LogP) is 2.67. The van der Waals surface area contributed by atoms with Gasteiger partial charge in [-0.3, -0.25) is 9.78 Å². The SMILES string of the molecule is CC[C@@H](NC(=O)c1cnc(C)cn1)c1ccc(OC)cc1. The highest BCUT2D eigenvalue weighted by molar-refractivity contribution is 5.92. The third kappa shape index (κ3) is 3.78. The zero-order valence-corrected chi connectivity index (χ0v) is 12.5. The molecule has 0 radical (unpaired) electrons. The molecule has 0 aliphatic rings. The Bertz CT molecular complexity index is 594. The molecule has 0 saturated carbocycles. The van der Waals surface area contributed by atoms with Crippen LogP contribution in [0.3, 0.4) is 0 Å². The molecule has 0 aliphatic heterocycles. The summed E-state index contributed by atoms with van der Waals surface area (Å²) in [6.07, 6.45) is 3.87. The van der Waals surface area contributed by atoms with Crippen LogP contribution in [-0.2, 0) is 0 Å². The number of carbonyl (C=O) groups is 1. The van der Waals surface area contributed by atoms with Gasteiger partial charge in [-0.05, 0) is 31.0 Å². The number of benzene rings is 1. The fourth-order valence-electron chi connectivity index (χ4n) is 2.00. The maximum Gasteiger partial charge on any atom is 0.271 e. The lowest BCUT2D eigenvalue weighted by atomic mass is 10.0. The molecular formula is C16H19N3O2. The van der Waals surface area contributed by atoms with Crippen molar-refractivity contribution in [2.75, 3.05) is 7.11 Å². The first-order valence-corrected chi connectivity index (χ1v) is 6.87. The number of amides is 1. The highest BCUT2D eigenvalue weighted by atomic mass is 16.5. The molecule has 0 fully saturated rings. The van der Waals surface area contributed by atoms with Crippen LogP contribution in [0.25, 0.3) is 0 Å². The van der Waals surface area contributed by atoms with E-state index in [2.05, 4.69) is 15.3 Å². The molecule has 1 amide bonds. The van der Waals surface area contributed by atoms with Gasteiger partial charge in [-0.25, -0.2) is 4.98 Å². The number of methoxy groups -OCH3 is 1. The van der Waals surface area contributed by atoms with Gasteiger partial charge in [0.1, 0.15) is 11.4 Å². The van der Waals surface area contributed by atoms with Crippen molar-refractivity contribution in [1.82, 2.24) is 15.3 Å². The number of rotatable bonds is 5. The van der Waals surface area contributed by atoms with E-state index in [0.29, 0.717) is 5.69 Å². The van der Waals surface area contributed by atoms with Gasteiger partial charge in [-0.1, -0.05) is 19.1 Å². The molecule has 0 saturated heterocycles. The second-order valence-electron chi connectivity index (χ2n) is 4.75. The first kappa shape index (κ1) is 15.0. The molecule has 0 unspecified atom stereocenters.